The number of fused-ring (bicyclic) bond motifs is 1. The number of nitrogens with one attached hydrogen (secondary N) is 1. The molecule has 2 aromatic carbocycles. The van der Waals surface area contributed by atoms with Gasteiger partial charge in [-0.1, -0.05) is 29.8 Å². The maximum atomic E-state index is 12.6. The van der Waals surface area contributed by atoms with E-state index in [0.717, 1.165) is 11.1 Å². The third-order valence-electron chi connectivity index (χ3n) is 4.76. The monoisotopic (exact) mass is 392 g/mol. The largest absolute Gasteiger partial charge is 0.336 e. The maximum Gasteiger partial charge on any atom is 0.261 e. The Morgan fingerprint density at radius 2 is 1.83 bits per heavy atom. The molecular weight excluding hydrogens is 368 g/mol. The lowest BCUT2D eigenvalue weighted by Gasteiger charge is -2.17. The third kappa shape index (κ3) is 4.87. The van der Waals surface area contributed by atoms with Crippen molar-refractivity contribution >= 4 is 28.4 Å². The Bertz CT molecular complexity index is 1100. The molecule has 0 aliphatic rings. The normalized spacial score (nSPS) is 10.7. The molecule has 29 heavy (non-hydrogen) atoms. The van der Waals surface area contributed by atoms with Crippen LogP contribution in [0.5, 0.6) is 0 Å². The first-order valence-corrected chi connectivity index (χ1v) is 9.40. The van der Waals surface area contributed by atoms with E-state index in [2.05, 4.69) is 10.3 Å². The Morgan fingerprint density at radius 3 is 2.55 bits per heavy atom. The van der Waals surface area contributed by atoms with Crippen molar-refractivity contribution in [3.8, 4) is 0 Å². The summed E-state index contributed by atoms with van der Waals surface area (Å²) in [5, 5.41) is 3.30. The van der Waals surface area contributed by atoms with Crippen molar-refractivity contribution < 1.29 is 9.59 Å². The number of carbonyl (C=O) groups is 2. The summed E-state index contributed by atoms with van der Waals surface area (Å²) < 4.78 is 1.43. The van der Waals surface area contributed by atoms with Gasteiger partial charge >= 0.3 is 0 Å². The minimum atomic E-state index is -0.273. The second-order valence-corrected chi connectivity index (χ2v) is 7.13. The fourth-order valence-electron chi connectivity index (χ4n) is 3.04. The minimum absolute atomic E-state index is 0.0588. The van der Waals surface area contributed by atoms with Gasteiger partial charge in [-0.3, -0.25) is 19.0 Å². The molecule has 2 amide bonds. The summed E-state index contributed by atoms with van der Waals surface area (Å²) >= 11 is 0. The van der Waals surface area contributed by atoms with E-state index in [4.69, 9.17) is 0 Å². The van der Waals surface area contributed by atoms with Crippen LogP contribution in [0.15, 0.2) is 53.6 Å². The van der Waals surface area contributed by atoms with Gasteiger partial charge in [0.05, 0.1) is 23.8 Å². The van der Waals surface area contributed by atoms with E-state index < -0.39 is 0 Å². The first kappa shape index (κ1) is 20.3. The topological polar surface area (TPSA) is 84.3 Å². The van der Waals surface area contributed by atoms with Crippen molar-refractivity contribution in [3.05, 3.63) is 70.3 Å². The Balaban J connectivity index is 1.58. The summed E-state index contributed by atoms with van der Waals surface area (Å²) in [6.45, 7) is 4.02. The van der Waals surface area contributed by atoms with E-state index in [1.165, 1.54) is 15.8 Å². The molecule has 150 valence electrons. The van der Waals surface area contributed by atoms with Crippen LogP contribution in [0.4, 0.5) is 5.69 Å². The standard InChI is InChI=1S/C22H24N4O3/c1-15-7-9-17(10-8-15)24-19(27)13-25(3)20(28)11-12-26-14-23-21-16(2)5-4-6-18(21)22(26)29/h4-10,14H,11-13H2,1-3H3,(H,24,27). The quantitative estimate of drug-likeness (QED) is 0.699. The predicted octanol–water partition coefficient (Wildman–Crippen LogP) is 2.50. The Labute approximate surface area is 169 Å². The third-order valence-corrected chi connectivity index (χ3v) is 4.76. The Morgan fingerprint density at radius 1 is 1.10 bits per heavy atom. The van der Waals surface area contributed by atoms with Crippen molar-refractivity contribution in [2.75, 3.05) is 18.9 Å². The predicted molar refractivity (Wildman–Crippen MR) is 113 cm³/mol. The molecule has 0 atom stereocenters. The van der Waals surface area contributed by atoms with E-state index in [-0.39, 0.29) is 36.9 Å². The first-order valence-electron chi connectivity index (χ1n) is 9.40. The number of likely N-dealkylation sites (N-methyl/N-ethyl adjacent to an activating group) is 1. The number of amides is 2. The highest BCUT2D eigenvalue weighted by atomic mass is 16.2. The van der Waals surface area contributed by atoms with Crippen LogP contribution in [-0.2, 0) is 16.1 Å². The molecule has 7 heteroatoms. The number of hydrogen-bond donors (Lipinski definition) is 1. The van der Waals surface area contributed by atoms with Crippen LogP contribution < -0.4 is 10.9 Å². The average Bonchev–Trinajstić information content (AvgIpc) is 2.69. The zero-order valence-corrected chi connectivity index (χ0v) is 16.8. The van der Waals surface area contributed by atoms with Gasteiger partial charge in [-0.15, -0.1) is 0 Å². The molecule has 0 bridgehead atoms. The highest BCUT2D eigenvalue weighted by molar-refractivity contribution is 5.94. The first-order chi connectivity index (χ1) is 13.8. The van der Waals surface area contributed by atoms with Crippen molar-refractivity contribution in [2.45, 2.75) is 26.8 Å². The van der Waals surface area contributed by atoms with Crippen molar-refractivity contribution in [3.63, 3.8) is 0 Å². The van der Waals surface area contributed by atoms with E-state index >= 15 is 0 Å². The second kappa shape index (κ2) is 8.68. The number of aromatic nitrogens is 2. The van der Waals surface area contributed by atoms with Gasteiger partial charge in [-0.2, -0.15) is 0 Å². The van der Waals surface area contributed by atoms with Crippen LogP contribution in [0.25, 0.3) is 10.9 Å². The lowest BCUT2D eigenvalue weighted by molar-refractivity contribution is -0.133. The number of nitrogens with zero attached hydrogens (tertiary/aromatic N) is 3. The van der Waals surface area contributed by atoms with Crippen LogP contribution in [0, 0.1) is 13.8 Å². The molecular formula is C22H24N4O3. The van der Waals surface area contributed by atoms with Crippen molar-refractivity contribution in [1.29, 1.82) is 0 Å². The molecule has 0 radical (unpaired) electrons. The molecule has 0 saturated heterocycles. The number of hydrogen-bond acceptors (Lipinski definition) is 4. The Kier molecular flexibility index (Phi) is 6.07. The number of para-hydroxylation sites is 1. The molecule has 1 heterocycles. The van der Waals surface area contributed by atoms with Crippen molar-refractivity contribution in [2.24, 2.45) is 0 Å². The number of rotatable bonds is 6. The zero-order chi connectivity index (χ0) is 21.0. The fourth-order valence-corrected chi connectivity index (χ4v) is 3.04. The molecule has 3 rings (SSSR count). The van der Waals surface area contributed by atoms with Gasteiger partial charge in [0, 0.05) is 25.7 Å². The number of carbonyl (C=O) groups excluding carboxylic acids is 2. The van der Waals surface area contributed by atoms with Crippen LogP contribution >= 0.6 is 0 Å². The smallest absolute Gasteiger partial charge is 0.261 e. The number of aryl methyl sites for hydroxylation is 3. The molecule has 0 spiro atoms. The molecule has 7 nitrogen and oxygen atoms in total. The number of benzene rings is 2. The molecule has 3 aromatic rings. The molecule has 1 N–H and O–H groups in total. The molecule has 0 aliphatic heterocycles. The van der Waals surface area contributed by atoms with Crippen LogP contribution in [0.2, 0.25) is 0 Å². The zero-order valence-electron chi connectivity index (χ0n) is 16.8. The molecule has 0 aliphatic carbocycles. The Hall–Kier alpha value is -3.48. The van der Waals surface area contributed by atoms with Crippen molar-refractivity contribution in [1.82, 2.24) is 14.5 Å². The molecule has 0 unspecified atom stereocenters. The van der Waals surface area contributed by atoms with E-state index in [9.17, 15) is 14.4 Å². The van der Waals surface area contributed by atoms with E-state index in [0.29, 0.717) is 16.6 Å². The van der Waals surface area contributed by atoms with Gasteiger partial charge in [0.25, 0.3) is 5.56 Å². The summed E-state index contributed by atoms with van der Waals surface area (Å²) in [6.07, 6.45) is 1.57. The van der Waals surface area contributed by atoms with Crippen LogP contribution in [0.3, 0.4) is 0 Å². The van der Waals surface area contributed by atoms with Gasteiger partial charge in [0.15, 0.2) is 0 Å². The maximum absolute atomic E-state index is 12.6. The summed E-state index contributed by atoms with van der Waals surface area (Å²) in [4.78, 5) is 42.8. The highest BCUT2D eigenvalue weighted by Crippen LogP contribution is 2.11. The summed E-state index contributed by atoms with van der Waals surface area (Å²) in [5.74, 6) is -0.495. The average molecular weight is 392 g/mol. The SMILES string of the molecule is Cc1ccc(NC(=O)CN(C)C(=O)CCn2cnc3c(C)cccc3c2=O)cc1. The molecule has 0 fully saturated rings. The lowest BCUT2D eigenvalue weighted by Crippen LogP contribution is -2.35. The number of anilines is 1. The van der Waals surface area contributed by atoms with E-state index in [1.54, 1.807) is 13.1 Å². The van der Waals surface area contributed by atoms with Gasteiger partial charge in [0.2, 0.25) is 11.8 Å². The van der Waals surface area contributed by atoms with Gasteiger partial charge in [-0.25, -0.2) is 4.98 Å². The summed E-state index contributed by atoms with van der Waals surface area (Å²) in [5.41, 5.74) is 3.22. The van der Waals surface area contributed by atoms with Crippen LogP contribution in [-0.4, -0.2) is 39.9 Å². The summed E-state index contributed by atoms with van der Waals surface area (Å²) in [6, 6.07) is 12.9. The fraction of sp³-hybridized carbons (Fsp3) is 0.273. The highest BCUT2D eigenvalue weighted by Gasteiger charge is 2.14. The van der Waals surface area contributed by atoms with Crippen LogP contribution in [0.1, 0.15) is 17.5 Å². The van der Waals surface area contributed by atoms with Gasteiger partial charge in [-0.05, 0) is 37.6 Å². The molecule has 1 aromatic heterocycles. The van der Waals surface area contributed by atoms with E-state index in [1.807, 2.05) is 50.2 Å². The minimum Gasteiger partial charge on any atom is -0.336 e. The lowest BCUT2D eigenvalue weighted by atomic mass is 10.1. The molecule has 0 saturated carbocycles. The summed E-state index contributed by atoms with van der Waals surface area (Å²) in [7, 11) is 1.57. The van der Waals surface area contributed by atoms with Gasteiger partial charge < -0.3 is 10.2 Å². The second-order valence-electron chi connectivity index (χ2n) is 7.13. The van der Waals surface area contributed by atoms with Gasteiger partial charge in [0.1, 0.15) is 0 Å².